The van der Waals surface area contributed by atoms with Gasteiger partial charge in [-0.3, -0.25) is 9.59 Å². The van der Waals surface area contributed by atoms with E-state index in [1.165, 1.54) is 103 Å². The first-order valence-corrected chi connectivity index (χ1v) is 32.3. The van der Waals surface area contributed by atoms with Crippen molar-refractivity contribution < 1.29 is 42.9 Å². The van der Waals surface area contributed by atoms with Crippen molar-refractivity contribution in [1.82, 2.24) is 0 Å². The van der Waals surface area contributed by atoms with E-state index in [0.29, 0.717) is 23.9 Å². The first kappa shape index (κ1) is 76.4. The van der Waals surface area contributed by atoms with Gasteiger partial charge in [0.05, 0.1) is 40.3 Å². The number of aliphatic carboxylic acids is 1. The number of hydrogen-bond donors (Lipinski definition) is 0. The second-order valence-corrected chi connectivity index (χ2v) is 22.3. The molecule has 9 nitrogen and oxygen atoms in total. The van der Waals surface area contributed by atoms with E-state index in [1.54, 1.807) is 0 Å². The molecule has 0 aliphatic carbocycles. The monoisotopic (exact) mass is 1130 g/mol. The van der Waals surface area contributed by atoms with Gasteiger partial charge < -0.3 is 33.3 Å². The third-order valence-electron chi connectivity index (χ3n) is 13.4. The number of likely N-dealkylation sites (N-methyl/N-ethyl adjacent to an activating group) is 1. The van der Waals surface area contributed by atoms with E-state index in [2.05, 4.69) is 148 Å². The molecule has 0 radical (unpaired) electrons. The van der Waals surface area contributed by atoms with Crippen LogP contribution in [0.2, 0.25) is 0 Å². The summed E-state index contributed by atoms with van der Waals surface area (Å²) in [5, 5.41) is 11.8. The number of carboxylic acid groups (broad SMARTS) is 1. The summed E-state index contributed by atoms with van der Waals surface area (Å²) in [5.41, 5.74) is 0. The summed E-state index contributed by atoms with van der Waals surface area (Å²) in [6, 6.07) is 0. The Bertz CT molecular complexity index is 1790. The van der Waals surface area contributed by atoms with Crippen LogP contribution < -0.4 is 5.11 Å². The van der Waals surface area contributed by atoms with Crippen LogP contribution in [0, 0.1) is 0 Å². The van der Waals surface area contributed by atoms with Crippen molar-refractivity contribution in [3.05, 3.63) is 134 Å². The van der Waals surface area contributed by atoms with E-state index >= 15 is 0 Å². The highest BCUT2D eigenvalue weighted by atomic mass is 16.7. The van der Waals surface area contributed by atoms with Crippen molar-refractivity contribution in [2.75, 3.05) is 47.5 Å². The van der Waals surface area contributed by atoms with Gasteiger partial charge in [0.1, 0.15) is 13.2 Å². The van der Waals surface area contributed by atoms with Crippen LogP contribution in [0.1, 0.15) is 245 Å². The molecule has 0 spiro atoms. The van der Waals surface area contributed by atoms with Gasteiger partial charge in [0.25, 0.3) is 0 Å². The van der Waals surface area contributed by atoms with Gasteiger partial charge in [0.15, 0.2) is 12.4 Å². The maximum atomic E-state index is 12.9. The van der Waals surface area contributed by atoms with Crippen LogP contribution in [0.3, 0.4) is 0 Å². The molecule has 81 heavy (non-hydrogen) atoms. The summed E-state index contributed by atoms with van der Waals surface area (Å²) in [6.45, 7) is 4.46. The summed E-state index contributed by atoms with van der Waals surface area (Å²) in [4.78, 5) is 37.3. The molecular weight excluding hydrogens is 1010 g/mol. The lowest BCUT2D eigenvalue weighted by Gasteiger charge is -2.26. The minimum absolute atomic E-state index is 0.136. The highest BCUT2D eigenvalue weighted by molar-refractivity contribution is 5.70. The van der Waals surface area contributed by atoms with E-state index in [-0.39, 0.29) is 32.7 Å². The van der Waals surface area contributed by atoms with Crippen molar-refractivity contribution in [2.45, 2.75) is 257 Å². The number of carbonyl (C=O) groups excluding carboxylic acids is 3. The minimum Gasteiger partial charge on any atom is -0.545 e. The number of quaternary nitrogens is 1. The minimum atomic E-state index is -1.64. The van der Waals surface area contributed by atoms with Crippen LogP contribution in [-0.4, -0.2) is 82.3 Å². The van der Waals surface area contributed by atoms with Gasteiger partial charge >= 0.3 is 11.9 Å². The third kappa shape index (κ3) is 62.9. The molecule has 9 heteroatoms. The molecule has 2 atom stereocenters. The molecule has 0 saturated carbocycles. The SMILES string of the molecule is CC/C=C\C/C=C\C/C=C\C/C=C\C/C=C\C/C=C\C/C=C\CCCCCCCCCCCCCCCCCCCCCC(=O)OC(COC(=O)CCCC/C=C\C/C=C\C/C=C\C/C=C\CC)COC(OCC[N+](C)(C)C)C(=O)[O-]. The molecule has 0 bridgehead atoms. The average Bonchev–Trinajstić information content (AvgIpc) is 3.44. The largest absolute Gasteiger partial charge is 0.545 e. The zero-order chi connectivity index (χ0) is 59.1. The fraction of sp³-hybridized carbons (Fsp3) is 0.653. The molecule has 0 aromatic carbocycles. The molecule has 0 fully saturated rings. The first-order valence-electron chi connectivity index (χ1n) is 32.3. The van der Waals surface area contributed by atoms with Crippen LogP contribution in [0.25, 0.3) is 0 Å². The molecule has 0 aliphatic rings. The fourth-order valence-corrected chi connectivity index (χ4v) is 8.51. The lowest BCUT2D eigenvalue weighted by atomic mass is 10.0. The van der Waals surface area contributed by atoms with Crippen LogP contribution in [0.15, 0.2) is 134 Å². The van der Waals surface area contributed by atoms with Crippen LogP contribution in [-0.2, 0) is 33.3 Å². The van der Waals surface area contributed by atoms with Crippen molar-refractivity contribution in [1.29, 1.82) is 0 Å². The van der Waals surface area contributed by atoms with Gasteiger partial charge in [0, 0.05) is 12.8 Å². The Hall–Kier alpha value is -4.57. The number of ether oxygens (including phenoxy) is 4. The van der Waals surface area contributed by atoms with Gasteiger partial charge in [-0.05, 0) is 109 Å². The average molecular weight is 1130 g/mol. The van der Waals surface area contributed by atoms with Gasteiger partial charge in [-0.1, -0.05) is 257 Å². The van der Waals surface area contributed by atoms with Crippen molar-refractivity contribution in [2.24, 2.45) is 0 Å². The Kier molecular flexibility index (Phi) is 58.0. The summed E-state index contributed by atoms with van der Waals surface area (Å²) in [6.07, 6.45) is 85.4. The van der Waals surface area contributed by atoms with Gasteiger partial charge in [-0.15, -0.1) is 0 Å². The van der Waals surface area contributed by atoms with E-state index in [4.69, 9.17) is 18.9 Å². The first-order chi connectivity index (χ1) is 39.6. The quantitative estimate of drug-likeness (QED) is 0.0195. The zero-order valence-electron chi connectivity index (χ0n) is 52.4. The number of esters is 2. The Morgan fingerprint density at radius 2 is 0.667 bits per heavy atom. The second kappa shape index (κ2) is 61.5. The molecule has 0 N–H and O–H groups in total. The predicted molar refractivity (Wildman–Crippen MR) is 343 cm³/mol. The van der Waals surface area contributed by atoms with E-state index < -0.39 is 30.3 Å². The maximum Gasteiger partial charge on any atom is 0.306 e. The van der Waals surface area contributed by atoms with Crippen molar-refractivity contribution >= 4 is 17.9 Å². The molecule has 0 aliphatic heterocycles. The second-order valence-electron chi connectivity index (χ2n) is 22.3. The number of rotatable bonds is 58. The number of nitrogens with zero attached hydrogens (tertiary/aromatic N) is 1. The third-order valence-corrected chi connectivity index (χ3v) is 13.4. The fourth-order valence-electron chi connectivity index (χ4n) is 8.51. The maximum absolute atomic E-state index is 12.9. The Labute approximate surface area is 497 Å². The lowest BCUT2D eigenvalue weighted by molar-refractivity contribution is -0.870. The highest BCUT2D eigenvalue weighted by Gasteiger charge is 2.22. The van der Waals surface area contributed by atoms with Crippen molar-refractivity contribution in [3.63, 3.8) is 0 Å². The molecule has 0 aromatic rings. The normalized spacial score (nSPS) is 13.6. The number of allylic oxidation sites excluding steroid dienone is 22. The molecule has 460 valence electrons. The predicted octanol–water partition coefficient (Wildman–Crippen LogP) is 18.5. The van der Waals surface area contributed by atoms with Gasteiger partial charge in [-0.25, -0.2) is 0 Å². The molecule has 2 unspecified atom stereocenters. The Morgan fingerprint density at radius 1 is 0.370 bits per heavy atom. The zero-order valence-corrected chi connectivity index (χ0v) is 52.4. The summed E-state index contributed by atoms with van der Waals surface area (Å²) < 4.78 is 22.6. The summed E-state index contributed by atoms with van der Waals surface area (Å²) >= 11 is 0. The molecule has 0 amide bonds. The molecular formula is C72H119NO8. The summed E-state index contributed by atoms with van der Waals surface area (Å²) in [5.74, 6) is -2.34. The highest BCUT2D eigenvalue weighted by Crippen LogP contribution is 2.16. The van der Waals surface area contributed by atoms with E-state index in [9.17, 15) is 19.5 Å². The van der Waals surface area contributed by atoms with Gasteiger partial charge in [-0.2, -0.15) is 0 Å². The van der Waals surface area contributed by atoms with Crippen molar-refractivity contribution in [3.8, 4) is 0 Å². The topological polar surface area (TPSA) is 111 Å². The number of hydrogen-bond acceptors (Lipinski definition) is 8. The Balaban J connectivity index is 4.04. The van der Waals surface area contributed by atoms with E-state index in [1.807, 2.05) is 21.1 Å². The van der Waals surface area contributed by atoms with Gasteiger partial charge in [0.2, 0.25) is 0 Å². The summed E-state index contributed by atoms with van der Waals surface area (Å²) in [7, 11) is 5.90. The smallest absolute Gasteiger partial charge is 0.306 e. The lowest BCUT2D eigenvalue weighted by Crippen LogP contribution is -2.44. The molecule has 0 aromatic heterocycles. The van der Waals surface area contributed by atoms with E-state index in [0.717, 1.165) is 103 Å². The molecule has 0 heterocycles. The number of unbranched alkanes of at least 4 members (excludes halogenated alkanes) is 21. The number of carbonyl (C=O) groups is 3. The number of carboxylic acids is 1. The standard InChI is InChI=1S/C72H119NO8/c1-6-8-10-12-14-16-18-20-22-23-24-25-26-27-28-29-30-31-32-33-34-35-36-37-38-39-40-41-42-43-44-45-46-47-49-51-53-55-57-59-61-63-70(75)81-68(67-80-72(71(76)77)78-65-64-73(3,4)5)66-79-69(74)62-60-58-56-54-52-50-48-21-19-17-15-13-11-9-7-2/h8-11,14-17,20-22,24-25,27-28,30-31,33-34,48,52,54,68,72H,6-7,12-13,18-19,23,26,29,32,35-47,49-51,53,55-67H2,1-5H3/b10-8-,11-9-,16-14-,17-15-,22-20-,25-24-,28-27-,31-30-,34-33-,48-21-,54-52-. The van der Waals surface area contributed by atoms with Crippen LogP contribution in [0.5, 0.6) is 0 Å². The molecule has 0 rings (SSSR count). The molecule has 0 saturated heterocycles. The Morgan fingerprint density at radius 3 is 1.01 bits per heavy atom. The van der Waals surface area contributed by atoms with Crippen LogP contribution >= 0.6 is 0 Å². The van der Waals surface area contributed by atoms with Crippen LogP contribution in [0.4, 0.5) is 0 Å².